The number of hydrogen-bond donors (Lipinski definition) is 1. The van der Waals surface area contributed by atoms with Crippen molar-refractivity contribution in [1.82, 2.24) is 4.90 Å². The van der Waals surface area contributed by atoms with E-state index in [2.05, 4.69) is 71.8 Å². The highest BCUT2D eigenvalue weighted by atomic mass is 32.1. The standard InChI is InChI=1S/C27H31NO3S/c1-20-13-15-32-26(20)24-16-22(17-28-18-23(19-28)27(29)30)11-12-25(24)31-14-7-3-6-10-21-8-4-2-5-9-21/h2,4-5,8-9,11-13,15-16,23H,3,6-7,10,14,17-19H2,1H3,(H,29,30). The molecule has 1 N–H and O–H groups in total. The van der Waals surface area contributed by atoms with Gasteiger partial charge in [0.2, 0.25) is 0 Å². The van der Waals surface area contributed by atoms with E-state index >= 15 is 0 Å². The van der Waals surface area contributed by atoms with Crippen LogP contribution < -0.4 is 4.74 Å². The Labute approximate surface area is 194 Å². The van der Waals surface area contributed by atoms with Crippen molar-refractivity contribution in [2.45, 2.75) is 39.2 Å². The summed E-state index contributed by atoms with van der Waals surface area (Å²) in [6.45, 7) is 4.89. The first kappa shape index (κ1) is 22.6. The molecular formula is C27H31NO3S. The number of thiophene rings is 1. The van der Waals surface area contributed by atoms with Gasteiger partial charge in [-0.15, -0.1) is 11.3 Å². The molecule has 1 saturated heterocycles. The third-order valence-corrected chi connectivity index (χ3v) is 7.12. The SMILES string of the molecule is Cc1ccsc1-c1cc(CN2CC(C(=O)O)C2)ccc1OCCCCCc1ccccc1. The van der Waals surface area contributed by atoms with E-state index in [1.165, 1.54) is 28.0 Å². The predicted molar refractivity (Wildman–Crippen MR) is 130 cm³/mol. The van der Waals surface area contributed by atoms with Crippen LogP contribution in [-0.4, -0.2) is 35.7 Å². The molecule has 2 aromatic carbocycles. The van der Waals surface area contributed by atoms with E-state index in [1.807, 2.05) is 0 Å². The van der Waals surface area contributed by atoms with Gasteiger partial charge in [-0.05, 0) is 72.9 Å². The van der Waals surface area contributed by atoms with Gasteiger partial charge in [-0.1, -0.05) is 36.4 Å². The van der Waals surface area contributed by atoms with Gasteiger partial charge in [-0.3, -0.25) is 9.69 Å². The Balaban J connectivity index is 1.33. The minimum atomic E-state index is -0.691. The van der Waals surface area contributed by atoms with E-state index in [4.69, 9.17) is 9.84 Å². The van der Waals surface area contributed by atoms with Crippen molar-refractivity contribution < 1.29 is 14.6 Å². The van der Waals surface area contributed by atoms with Gasteiger partial charge in [0.1, 0.15) is 5.75 Å². The molecule has 1 aliphatic rings. The molecule has 0 saturated carbocycles. The summed E-state index contributed by atoms with van der Waals surface area (Å²) in [4.78, 5) is 14.5. The van der Waals surface area contributed by atoms with E-state index < -0.39 is 5.97 Å². The lowest BCUT2D eigenvalue weighted by Crippen LogP contribution is -2.49. The number of unbranched alkanes of at least 4 members (excludes halogenated alkanes) is 2. The largest absolute Gasteiger partial charge is 0.493 e. The van der Waals surface area contributed by atoms with E-state index in [9.17, 15) is 4.79 Å². The summed E-state index contributed by atoms with van der Waals surface area (Å²) in [6.07, 6.45) is 4.49. The molecule has 1 aliphatic heterocycles. The zero-order chi connectivity index (χ0) is 22.3. The van der Waals surface area contributed by atoms with Crippen molar-refractivity contribution in [3.8, 4) is 16.2 Å². The molecule has 0 spiro atoms. The number of nitrogens with zero attached hydrogens (tertiary/aromatic N) is 1. The first-order chi connectivity index (χ1) is 15.6. The van der Waals surface area contributed by atoms with Gasteiger partial charge < -0.3 is 9.84 Å². The highest BCUT2D eigenvalue weighted by Crippen LogP contribution is 2.37. The van der Waals surface area contributed by atoms with Gasteiger partial charge >= 0.3 is 5.97 Å². The maximum atomic E-state index is 11.1. The van der Waals surface area contributed by atoms with Gasteiger partial charge in [0.15, 0.2) is 0 Å². The molecule has 168 valence electrons. The number of rotatable bonds is 11. The Morgan fingerprint density at radius 3 is 2.59 bits per heavy atom. The average Bonchev–Trinajstić information content (AvgIpc) is 3.19. The molecule has 2 heterocycles. The number of hydrogen-bond acceptors (Lipinski definition) is 4. The number of aryl methyl sites for hydroxylation is 2. The molecule has 1 fully saturated rings. The zero-order valence-electron chi connectivity index (χ0n) is 18.6. The van der Waals surface area contributed by atoms with E-state index in [1.54, 1.807) is 11.3 Å². The first-order valence-electron chi connectivity index (χ1n) is 11.4. The van der Waals surface area contributed by atoms with Crippen molar-refractivity contribution in [3.63, 3.8) is 0 Å². The van der Waals surface area contributed by atoms with Crippen LogP contribution in [0.5, 0.6) is 5.75 Å². The van der Waals surface area contributed by atoms with Crippen LogP contribution in [0.15, 0.2) is 60.0 Å². The number of benzene rings is 2. The summed E-state index contributed by atoms with van der Waals surface area (Å²) in [5.74, 6) is 0.0246. The number of carboxylic acid groups (broad SMARTS) is 1. The number of carbonyl (C=O) groups is 1. The fraction of sp³-hybridized carbons (Fsp3) is 0.370. The van der Waals surface area contributed by atoms with Crippen LogP contribution in [0.2, 0.25) is 0 Å². The Morgan fingerprint density at radius 2 is 1.88 bits per heavy atom. The second-order valence-corrected chi connectivity index (χ2v) is 9.55. The maximum absolute atomic E-state index is 11.1. The number of carboxylic acids is 1. The molecule has 0 radical (unpaired) electrons. The molecule has 5 heteroatoms. The van der Waals surface area contributed by atoms with Crippen LogP contribution in [0.25, 0.3) is 10.4 Å². The lowest BCUT2D eigenvalue weighted by atomic mass is 9.98. The van der Waals surface area contributed by atoms with Crippen LogP contribution >= 0.6 is 11.3 Å². The third-order valence-electron chi connectivity index (χ3n) is 6.07. The van der Waals surface area contributed by atoms with Crippen LogP contribution in [0.3, 0.4) is 0 Å². The van der Waals surface area contributed by atoms with Crippen molar-refractivity contribution in [2.75, 3.05) is 19.7 Å². The summed E-state index contributed by atoms with van der Waals surface area (Å²) in [5, 5.41) is 11.2. The Morgan fingerprint density at radius 1 is 1.06 bits per heavy atom. The molecular weight excluding hydrogens is 418 g/mol. The molecule has 3 aromatic rings. The maximum Gasteiger partial charge on any atom is 0.309 e. The number of ether oxygens (including phenoxy) is 1. The second-order valence-electron chi connectivity index (χ2n) is 8.64. The molecule has 0 aliphatic carbocycles. The predicted octanol–water partition coefficient (Wildman–Crippen LogP) is 6.03. The second kappa shape index (κ2) is 10.8. The molecule has 4 nitrogen and oxygen atoms in total. The smallest absolute Gasteiger partial charge is 0.309 e. The van der Waals surface area contributed by atoms with Crippen LogP contribution in [0.4, 0.5) is 0 Å². The lowest BCUT2D eigenvalue weighted by molar-refractivity contribution is -0.147. The highest BCUT2D eigenvalue weighted by molar-refractivity contribution is 7.13. The van der Waals surface area contributed by atoms with Crippen molar-refractivity contribution >= 4 is 17.3 Å². The van der Waals surface area contributed by atoms with Crippen LogP contribution in [0, 0.1) is 12.8 Å². The molecule has 4 rings (SSSR count). The minimum absolute atomic E-state index is 0.224. The molecule has 1 aromatic heterocycles. The molecule has 0 unspecified atom stereocenters. The Kier molecular flexibility index (Phi) is 7.61. The van der Waals surface area contributed by atoms with Gasteiger partial charge in [0.05, 0.1) is 12.5 Å². The lowest BCUT2D eigenvalue weighted by Gasteiger charge is -2.36. The van der Waals surface area contributed by atoms with Crippen LogP contribution in [0.1, 0.15) is 36.0 Å². The summed E-state index contributed by atoms with van der Waals surface area (Å²) in [6, 6.07) is 19.2. The first-order valence-corrected chi connectivity index (χ1v) is 12.3. The third kappa shape index (κ3) is 5.78. The van der Waals surface area contributed by atoms with Gasteiger partial charge in [0.25, 0.3) is 0 Å². The summed E-state index contributed by atoms with van der Waals surface area (Å²) >= 11 is 1.74. The normalized spacial score (nSPS) is 14.3. The Hall–Kier alpha value is -2.63. The molecule has 0 atom stereocenters. The molecule has 32 heavy (non-hydrogen) atoms. The van der Waals surface area contributed by atoms with E-state index in [0.717, 1.165) is 43.7 Å². The average molecular weight is 450 g/mol. The molecule has 0 bridgehead atoms. The van der Waals surface area contributed by atoms with Crippen molar-refractivity contribution in [2.24, 2.45) is 5.92 Å². The summed E-state index contributed by atoms with van der Waals surface area (Å²) in [5.41, 5.74) is 5.01. The fourth-order valence-corrected chi connectivity index (χ4v) is 5.12. The Bertz CT molecular complexity index is 1020. The fourth-order valence-electron chi connectivity index (χ4n) is 4.18. The number of aliphatic carboxylic acids is 1. The summed E-state index contributed by atoms with van der Waals surface area (Å²) in [7, 11) is 0. The van der Waals surface area contributed by atoms with Gasteiger partial charge in [-0.25, -0.2) is 0 Å². The monoisotopic (exact) mass is 449 g/mol. The van der Waals surface area contributed by atoms with Crippen LogP contribution in [-0.2, 0) is 17.8 Å². The van der Waals surface area contributed by atoms with E-state index in [0.29, 0.717) is 13.1 Å². The zero-order valence-corrected chi connectivity index (χ0v) is 19.4. The minimum Gasteiger partial charge on any atom is -0.493 e. The molecule has 0 amide bonds. The quantitative estimate of drug-likeness (QED) is 0.363. The topological polar surface area (TPSA) is 49.8 Å². The van der Waals surface area contributed by atoms with Gasteiger partial charge in [-0.2, -0.15) is 0 Å². The van der Waals surface area contributed by atoms with Crippen molar-refractivity contribution in [3.05, 3.63) is 76.7 Å². The van der Waals surface area contributed by atoms with Crippen molar-refractivity contribution in [1.29, 1.82) is 0 Å². The number of likely N-dealkylation sites (tertiary alicyclic amines) is 1. The summed E-state index contributed by atoms with van der Waals surface area (Å²) < 4.78 is 6.23. The van der Waals surface area contributed by atoms with Gasteiger partial charge in [0, 0.05) is 30.1 Å². The highest BCUT2D eigenvalue weighted by Gasteiger charge is 2.32. The van der Waals surface area contributed by atoms with E-state index in [-0.39, 0.29) is 5.92 Å².